The third kappa shape index (κ3) is 4.06. The maximum absolute atomic E-state index is 12.9. The van der Waals surface area contributed by atoms with Gasteiger partial charge in [0.1, 0.15) is 0 Å². The van der Waals surface area contributed by atoms with Crippen molar-refractivity contribution in [2.24, 2.45) is 0 Å². The van der Waals surface area contributed by atoms with Gasteiger partial charge in [0.2, 0.25) is 10.0 Å². The molecule has 9 heteroatoms. The fraction of sp³-hybridized carbons (Fsp3) is 0.267. The topological polar surface area (TPSA) is 50.3 Å². The van der Waals surface area contributed by atoms with Crippen LogP contribution < -0.4 is 0 Å². The highest BCUT2D eigenvalue weighted by Gasteiger charge is 2.35. The molecule has 0 saturated carbocycles. The Morgan fingerprint density at radius 2 is 1.79 bits per heavy atom. The van der Waals surface area contributed by atoms with Crippen LogP contribution in [0.25, 0.3) is 0 Å². The van der Waals surface area contributed by atoms with Gasteiger partial charge in [0.15, 0.2) is 0 Å². The number of hydrogen-bond donors (Lipinski definition) is 0. The monoisotopic (exact) mass is 378 g/mol. The van der Waals surface area contributed by atoms with E-state index in [2.05, 4.69) is 4.98 Å². The molecule has 2 rings (SSSR count). The summed E-state index contributed by atoms with van der Waals surface area (Å²) in [6, 6.07) is 5.86. The van der Waals surface area contributed by atoms with Gasteiger partial charge in [0.25, 0.3) is 0 Å². The summed E-state index contributed by atoms with van der Waals surface area (Å²) in [6.45, 7) is 1.75. The lowest BCUT2D eigenvalue weighted by molar-refractivity contribution is -0.137. The van der Waals surface area contributed by atoms with Crippen molar-refractivity contribution < 1.29 is 21.6 Å². The van der Waals surface area contributed by atoms with E-state index in [1.54, 1.807) is 19.1 Å². The van der Waals surface area contributed by atoms with Gasteiger partial charge >= 0.3 is 6.18 Å². The minimum absolute atomic E-state index is 0.0331. The first-order chi connectivity index (χ1) is 11.2. The zero-order valence-electron chi connectivity index (χ0n) is 12.6. The fourth-order valence-electron chi connectivity index (χ4n) is 2.09. The molecule has 0 spiro atoms. The quantitative estimate of drug-likeness (QED) is 0.791. The Bertz CT molecular complexity index is 811. The first-order valence-electron chi connectivity index (χ1n) is 6.92. The standard InChI is InChI=1S/C15H14ClF3N2O2S/c1-2-21(10-11-5-7-20-8-6-11)24(22,23)12-3-4-14(16)13(9-12)15(17,18)19/h3-9H,2,10H2,1H3. The summed E-state index contributed by atoms with van der Waals surface area (Å²) in [6.07, 6.45) is -1.70. The third-order valence-electron chi connectivity index (χ3n) is 3.34. The Kier molecular flexibility index (Phi) is 5.52. The van der Waals surface area contributed by atoms with E-state index in [1.807, 2.05) is 0 Å². The maximum atomic E-state index is 12.9. The molecule has 0 bridgehead atoms. The Hall–Kier alpha value is -1.64. The molecule has 130 valence electrons. The largest absolute Gasteiger partial charge is 0.417 e. The summed E-state index contributed by atoms with van der Waals surface area (Å²) < 4.78 is 65.2. The van der Waals surface area contributed by atoms with Crippen LogP contribution >= 0.6 is 11.6 Å². The number of alkyl halides is 3. The van der Waals surface area contributed by atoms with Crippen molar-refractivity contribution in [3.8, 4) is 0 Å². The van der Waals surface area contributed by atoms with E-state index in [9.17, 15) is 21.6 Å². The van der Waals surface area contributed by atoms with Gasteiger partial charge in [-0.25, -0.2) is 8.42 Å². The van der Waals surface area contributed by atoms with Crippen LogP contribution in [0.4, 0.5) is 13.2 Å². The SMILES string of the molecule is CCN(Cc1ccncc1)S(=O)(=O)c1ccc(Cl)c(C(F)(F)F)c1. The maximum Gasteiger partial charge on any atom is 0.417 e. The molecular formula is C15H14ClF3N2O2S. The molecule has 0 aliphatic heterocycles. The van der Waals surface area contributed by atoms with Crippen molar-refractivity contribution in [2.75, 3.05) is 6.54 Å². The Morgan fingerprint density at radius 3 is 2.33 bits per heavy atom. The van der Waals surface area contributed by atoms with E-state index in [0.717, 1.165) is 16.4 Å². The number of nitrogens with zero attached hydrogens (tertiary/aromatic N) is 2. The Morgan fingerprint density at radius 1 is 1.17 bits per heavy atom. The van der Waals surface area contributed by atoms with Crippen LogP contribution in [-0.4, -0.2) is 24.3 Å². The zero-order valence-corrected chi connectivity index (χ0v) is 14.2. The summed E-state index contributed by atoms with van der Waals surface area (Å²) in [7, 11) is -4.09. The van der Waals surface area contributed by atoms with Gasteiger partial charge in [0, 0.05) is 25.5 Å². The van der Waals surface area contributed by atoms with Crippen molar-refractivity contribution >= 4 is 21.6 Å². The van der Waals surface area contributed by atoms with Crippen LogP contribution in [0.1, 0.15) is 18.1 Å². The molecule has 0 N–H and O–H groups in total. The number of rotatable bonds is 5. The molecule has 1 aromatic heterocycles. The second-order valence-corrected chi connectivity index (χ2v) is 7.27. The average molecular weight is 379 g/mol. The molecule has 0 fully saturated rings. The average Bonchev–Trinajstić information content (AvgIpc) is 2.52. The molecule has 1 aromatic carbocycles. The van der Waals surface area contributed by atoms with Crippen molar-refractivity contribution in [3.05, 3.63) is 58.9 Å². The van der Waals surface area contributed by atoms with Crippen molar-refractivity contribution in [3.63, 3.8) is 0 Å². The van der Waals surface area contributed by atoms with Gasteiger partial charge in [-0.15, -0.1) is 0 Å². The van der Waals surface area contributed by atoms with Gasteiger partial charge < -0.3 is 0 Å². The molecule has 0 saturated heterocycles. The number of pyridine rings is 1. The molecule has 0 atom stereocenters. The van der Waals surface area contributed by atoms with Gasteiger partial charge in [-0.2, -0.15) is 17.5 Å². The first kappa shape index (κ1) is 18.7. The first-order valence-corrected chi connectivity index (χ1v) is 8.74. The summed E-state index contributed by atoms with van der Waals surface area (Å²) >= 11 is 5.54. The minimum atomic E-state index is -4.73. The van der Waals surface area contributed by atoms with Crippen LogP contribution in [-0.2, 0) is 22.7 Å². The zero-order chi connectivity index (χ0) is 18.0. The molecular weight excluding hydrogens is 365 g/mol. The molecule has 0 aliphatic rings. The van der Waals surface area contributed by atoms with Crippen molar-refractivity contribution in [2.45, 2.75) is 24.5 Å². The third-order valence-corrected chi connectivity index (χ3v) is 5.59. The normalized spacial score (nSPS) is 12.6. The van der Waals surface area contributed by atoms with Crippen LogP contribution in [0.15, 0.2) is 47.6 Å². The lowest BCUT2D eigenvalue weighted by atomic mass is 10.2. The van der Waals surface area contributed by atoms with Crippen LogP contribution in [0.3, 0.4) is 0 Å². The number of halogens is 4. The Labute approximate surface area is 142 Å². The van der Waals surface area contributed by atoms with E-state index < -0.39 is 31.7 Å². The summed E-state index contributed by atoms with van der Waals surface area (Å²) in [5, 5.41) is -0.543. The van der Waals surface area contributed by atoms with E-state index >= 15 is 0 Å². The van der Waals surface area contributed by atoms with E-state index in [-0.39, 0.29) is 13.1 Å². The smallest absolute Gasteiger partial charge is 0.265 e. The highest BCUT2D eigenvalue weighted by Crippen LogP contribution is 2.36. The van der Waals surface area contributed by atoms with E-state index in [4.69, 9.17) is 11.6 Å². The molecule has 1 heterocycles. The lowest BCUT2D eigenvalue weighted by Gasteiger charge is -2.21. The summed E-state index contributed by atoms with van der Waals surface area (Å²) in [4.78, 5) is 3.39. The fourth-order valence-corrected chi connectivity index (χ4v) is 3.78. The number of hydrogen-bond acceptors (Lipinski definition) is 3. The second-order valence-electron chi connectivity index (χ2n) is 4.93. The predicted octanol–water partition coefficient (Wildman–Crippen LogP) is 3.96. The van der Waals surface area contributed by atoms with Crippen molar-refractivity contribution in [1.29, 1.82) is 0 Å². The molecule has 0 radical (unpaired) electrons. The molecule has 24 heavy (non-hydrogen) atoms. The number of benzene rings is 1. The van der Waals surface area contributed by atoms with E-state index in [1.165, 1.54) is 12.4 Å². The Balaban J connectivity index is 2.41. The molecule has 0 aliphatic carbocycles. The van der Waals surface area contributed by atoms with Crippen LogP contribution in [0, 0.1) is 0 Å². The van der Waals surface area contributed by atoms with Crippen molar-refractivity contribution in [1.82, 2.24) is 9.29 Å². The molecule has 0 amide bonds. The molecule has 4 nitrogen and oxygen atoms in total. The van der Waals surface area contributed by atoms with Gasteiger partial charge in [-0.05, 0) is 35.9 Å². The lowest BCUT2D eigenvalue weighted by Crippen LogP contribution is -2.30. The number of sulfonamides is 1. The van der Waals surface area contributed by atoms with E-state index in [0.29, 0.717) is 11.6 Å². The highest BCUT2D eigenvalue weighted by atomic mass is 35.5. The highest BCUT2D eigenvalue weighted by molar-refractivity contribution is 7.89. The molecule has 0 unspecified atom stereocenters. The van der Waals surface area contributed by atoms with Gasteiger partial charge in [-0.3, -0.25) is 4.98 Å². The van der Waals surface area contributed by atoms with Gasteiger partial charge in [-0.1, -0.05) is 18.5 Å². The van der Waals surface area contributed by atoms with Crippen LogP contribution in [0.2, 0.25) is 5.02 Å². The molecule has 2 aromatic rings. The minimum Gasteiger partial charge on any atom is -0.265 e. The summed E-state index contributed by atoms with van der Waals surface area (Å²) in [5.74, 6) is 0. The van der Waals surface area contributed by atoms with Gasteiger partial charge in [0.05, 0.1) is 15.5 Å². The van der Waals surface area contributed by atoms with Crippen LogP contribution in [0.5, 0.6) is 0 Å². The predicted molar refractivity (Wildman–Crippen MR) is 84.0 cm³/mol. The second kappa shape index (κ2) is 7.08. The summed E-state index contributed by atoms with van der Waals surface area (Å²) in [5.41, 5.74) is -0.495. The number of aromatic nitrogens is 1.